The number of halogens is 1. The number of ether oxygens (including phenoxy) is 1. The van der Waals surface area contributed by atoms with Gasteiger partial charge in [-0.15, -0.1) is 0 Å². The first-order chi connectivity index (χ1) is 8.61. The smallest absolute Gasteiger partial charge is 0.238 e. The topological polar surface area (TPSA) is 41.6 Å². The third-order valence-electron chi connectivity index (χ3n) is 2.51. The summed E-state index contributed by atoms with van der Waals surface area (Å²) < 4.78 is 5.25. The van der Waals surface area contributed by atoms with Gasteiger partial charge in [-0.05, 0) is 18.6 Å². The van der Waals surface area contributed by atoms with E-state index in [1.165, 1.54) is 11.9 Å². The summed E-state index contributed by atoms with van der Waals surface area (Å²) >= 11 is 6.15. The Balaban J connectivity index is 3.01. The maximum absolute atomic E-state index is 11.7. The molecule has 5 heteroatoms. The van der Waals surface area contributed by atoms with E-state index in [2.05, 4.69) is 12.3 Å². The third-order valence-corrected chi connectivity index (χ3v) is 2.81. The molecule has 0 heterocycles. The van der Waals surface area contributed by atoms with Gasteiger partial charge in [-0.25, -0.2) is 10.4 Å². The van der Waals surface area contributed by atoms with Gasteiger partial charge in [0.1, 0.15) is 11.4 Å². The normalized spacial score (nSPS) is 10.2. The molecule has 4 nitrogen and oxygen atoms in total. The number of nitrogens with zero attached hydrogens (tertiary/aromatic N) is 1. The largest absolute Gasteiger partial charge is 0.494 e. The number of nitrogens with one attached hydrogen (secondary N) is 1. The number of carbonyl (C=O) groups is 1. The summed E-state index contributed by atoms with van der Waals surface area (Å²) in [5.74, 6) is 0.444. The molecule has 1 aromatic carbocycles. The van der Waals surface area contributed by atoms with Gasteiger partial charge in [0.25, 0.3) is 0 Å². The van der Waals surface area contributed by atoms with E-state index in [-0.39, 0.29) is 5.91 Å². The second kappa shape index (κ2) is 7.24. The van der Waals surface area contributed by atoms with Crippen molar-refractivity contribution in [2.75, 3.05) is 18.7 Å². The molecule has 0 saturated carbocycles. The van der Waals surface area contributed by atoms with Crippen LogP contribution in [0.15, 0.2) is 18.2 Å². The molecule has 0 spiro atoms. The molecule has 1 aromatic rings. The molecule has 1 N–H and O–H groups in total. The fraction of sp³-hybridized carbons (Fsp3) is 0.462. The second-order valence-electron chi connectivity index (χ2n) is 3.91. The molecule has 100 valence electrons. The number of para-hydroxylation sites is 1. The summed E-state index contributed by atoms with van der Waals surface area (Å²) in [6.07, 6.45) is 2.04. The zero-order valence-electron chi connectivity index (χ0n) is 11.0. The summed E-state index contributed by atoms with van der Waals surface area (Å²) in [6.45, 7) is 4.29. The van der Waals surface area contributed by atoms with Crippen molar-refractivity contribution in [2.45, 2.75) is 26.7 Å². The number of unbranched alkanes of at least 4 members (excludes halogenated alkanes) is 1. The Hall–Kier alpha value is -1.26. The SMILES string of the molecule is CCCCNN(C(C)=O)c1c(Cl)cccc1OC. The minimum atomic E-state index is -0.127. The molecule has 0 aliphatic rings. The predicted octanol–water partition coefficient (Wildman–Crippen LogP) is 3.01. The molecular formula is C13H19ClN2O2. The molecule has 0 saturated heterocycles. The molecule has 0 aromatic heterocycles. The highest BCUT2D eigenvalue weighted by molar-refractivity contribution is 6.34. The average molecular weight is 271 g/mol. The Kier molecular flexibility index (Phi) is 5.95. The van der Waals surface area contributed by atoms with E-state index in [4.69, 9.17) is 16.3 Å². The first-order valence-corrected chi connectivity index (χ1v) is 6.36. The van der Waals surface area contributed by atoms with Crippen molar-refractivity contribution in [3.8, 4) is 5.75 Å². The van der Waals surface area contributed by atoms with E-state index in [1.807, 2.05) is 0 Å². The molecule has 0 atom stereocenters. The van der Waals surface area contributed by atoms with Crippen molar-refractivity contribution in [1.82, 2.24) is 5.43 Å². The number of methoxy groups -OCH3 is 1. The Morgan fingerprint density at radius 1 is 1.50 bits per heavy atom. The monoisotopic (exact) mass is 270 g/mol. The number of carbonyl (C=O) groups excluding carboxylic acids is 1. The van der Waals surface area contributed by atoms with Crippen LogP contribution in [0.25, 0.3) is 0 Å². The lowest BCUT2D eigenvalue weighted by Gasteiger charge is -2.24. The molecule has 0 bridgehead atoms. The van der Waals surface area contributed by atoms with Gasteiger partial charge in [0.05, 0.1) is 12.1 Å². The van der Waals surface area contributed by atoms with Crippen LogP contribution in [-0.4, -0.2) is 19.6 Å². The van der Waals surface area contributed by atoms with Crippen LogP contribution in [0.4, 0.5) is 5.69 Å². The number of rotatable bonds is 6. The van der Waals surface area contributed by atoms with Crippen LogP contribution in [0.1, 0.15) is 26.7 Å². The molecular weight excluding hydrogens is 252 g/mol. The fourth-order valence-corrected chi connectivity index (χ4v) is 1.84. The average Bonchev–Trinajstić information content (AvgIpc) is 2.35. The van der Waals surface area contributed by atoms with Crippen LogP contribution in [0.2, 0.25) is 5.02 Å². The molecule has 0 fully saturated rings. The van der Waals surface area contributed by atoms with Crippen LogP contribution < -0.4 is 15.2 Å². The Bertz CT molecular complexity index is 410. The maximum Gasteiger partial charge on any atom is 0.238 e. The van der Waals surface area contributed by atoms with E-state index >= 15 is 0 Å². The summed E-state index contributed by atoms with van der Waals surface area (Å²) in [4.78, 5) is 11.7. The van der Waals surface area contributed by atoms with E-state index in [0.29, 0.717) is 23.0 Å². The lowest BCUT2D eigenvalue weighted by molar-refractivity contribution is -0.117. The molecule has 0 unspecified atom stereocenters. The Morgan fingerprint density at radius 2 is 2.22 bits per heavy atom. The van der Waals surface area contributed by atoms with Gasteiger partial charge in [0, 0.05) is 13.5 Å². The van der Waals surface area contributed by atoms with E-state index < -0.39 is 0 Å². The molecule has 0 aliphatic heterocycles. The van der Waals surface area contributed by atoms with Gasteiger partial charge in [-0.2, -0.15) is 0 Å². The minimum absolute atomic E-state index is 0.127. The van der Waals surface area contributed by atoms with Crippen LogP contribution in [0.3, 0.4) is 0 Å². The second-order valence-corrected chi connectivity index (χ2v) is 4.31. The Labute approximate surface area is 113 Å². The van der Waals surface area contributed by atoms with E-state index in [0.717, 1.165) is 12.8 Å². The number of benzene rings is 1. The van der Waals surface area contributed by atoms with Crippen molar-refractivity contribution < 1.29 is 9.53 Å². The standard InChI is InChI=1S/C13H19ClN2O2/c1-4-5-9-15-16(10(2)17)13-11(14)7-6-8-12(13)18-3/h6-8,15H,4-5,9H2,1-3H3. The van der Waals surface area contributed by atoms with Gasteiger partial charge < -0.3 is 4.74 Å². The van der Waals surface area contributed by atoms with Crippen LogP contribution in [0.5, 0.6) is 5.75 Å². The van der Waals surface area contributed by atoms with Gasteiger partial charge in [0.2, 0.25) is 5.91 Å². The van der Waals surface area contributed by atoms with Gasteiger partial charge in [0.15, 0.2) is 0 Å². The first-order valence-electron chi connectivity index (χ1n) is 5.98. The minimum Gasteiger partial charge on any atom is -0.494 e. The number of amides is 1. The number of anilines is 1. The first kappa shape index (κ1) is 14.8. The lowest BCUT2D eigenvalue weighted by Crippen LogP contribution is -2.42. The number of hydrogen-bond donors (Lipinski definition) is 1. The quantitative estimate of drug-likeness (QED) is 0.638. The molecule has 0 radical (unpaired) electrons. The summed E-state index contributed by atoms with van der Waals surface area (Å²) in [5.41, 5.74) is 3.63. The summed E-state index contributed by atoms with van der Waals surface area (Å²) in [6, 6.07) is 5.30. The number of hydrazine groups is 1. The highest BCUT2D eigenvalue weighted by atomic mass is 35.5. The van der Waals surface area contributed by atoms with Crippen LogP contribution in [0, 0.1) is 0 Å². The molecule has 0 aliphatic carbocycles. The van der Waals surface area contributed by atoms with Crippen molar-refractivity contribution in [1.29, 1.82) is 0 Å². The van der Waals surface area contributed by atoms with Crippen molar-refractivity contribution in [2.24, 2.45) is 0 Å². The van der Waals surface area contributed by atoms with Crippen molar-refractivity contribution in [3.63, 3.8) is 0 Å². The molecule has 1 amide bonds. The van der Waals surface area contributed by atoms with Gasteiger partial charge >= 0.3 is 0 Å². The highest BCUT2D eigenvalue weighted by Crippen LogP contribution is 2.34. The maximum atomic E-state index is 11.7. The Morgan fingerprint density at radius 3 is 2.78 bits per heavy atom. The van der Waals surface area contributed by atoms with Crippen molar-refractivity contribution in [3.05, 3.63) is 23.2 Å². The van der Waals surface area contributed by atoms with E-state index in [1.54, 1.807) is 25.3 Å². The number of hydrogen-bond acceptors (Lipinski definition) is 3. The predicted molar refractivity (Wildman–Crippen MR) is 74.1 cm³/mol. The third kappa shape index (κ3) is 3.62. The molecule has 18 heavy (non-hydrogen) atoms. The lowest BCUT2D eigenvalue weighted by atomic mass is 10.2. The summed E-state index contributed by atoms with van der Waals surface area (Å²) in [5, 5.41) is 1.92. The van der Waals surface area contributed by atoms with Gasteiger partial charge in [-0.1, -0.05) is 31.0 Å². The zero-order valence-corrected chi connectivity index (χ0v) is 11.8. The zero-order chi connectivity index (χ0) is 13.5. The summed E-state index contributed by atoms with van der Waals surface area (Å²) in [7, 11) is 1.56. The van der Waals surface area contributed by atoms with Crippen molar-refractivity contribution >= 4 is 23.2 Å². The van der Waals surface area contributed by atoms with Gasteiger partial charge in [-0.3, -0.25) is 4.79 Å². The van der Waals surface area contributed by atoms with Crippen LogP contribution in [-0.2, 0) is 4.79 Å². The molecule has 1 rings (SSSR count). The van der Waals surface area contributed by atoms with E-state index in [9.17, 15) is 4.79 Å². The highest BCUT2D eigenvalue weighted by Gasteiger charge is 2.18. The fourth-order valence-electron chi connectivity index (χ4n) is 1.59. The van der Waals surface area contributed by atoms with Crippen LogP contribution >= 0.6 is 11.6 Å².